The van der Waals surface area contributed by atoms with Crippen molar-refractivity contribution >= 4 is 33.5 Å². The minimum absolute atomic E-state index is 0.0000473. The number of rotatable bonds is 8. The Morgan fingerprint density at radius 3 is 2.48 bits per heavy atom. The fraction of sp³-hybridized carbons (Fsp3) is 0.136. The van der Waals surface area contributed by atoms with Gasteiger partial charge in [0.25, 0.3) is 5.91 Å². The summed E-state index contributed by atoms with van der Waals surface area (Å²) in [4.78, 5) is 19.5. The number of benzene rings is 2. The molecule has 0 radical (unpaired) electrons. The SMILES string of the molecule is CS(=O)(=O)c1cc(C(=O)N=C(N)N)ccc1Oc1ccc(C(O)CSc2ccccn2)cc1. The standard InChI is InChI=1S/C22H22N4O5S2/c1-33(29,30)19-12-15(21(28)26-22(23)24)7-10-18(19)31-16-8-5-14(6-9-16)17(27)13-32-20-4-2-3-11-25-20/h2-12,17,27H,13H2,1H3,(H4,23,24,26,28). The van der Waals surface area contributed by atoms with Gasteiger partial charge in [-0.1, -0.05) is 18.2 Å². The van der Waals surface area contributed by atoms with Gasteiger partial charge in [0.05, 0.1) is 11.1 Å². The fourth-order valence-corrected chi connectivity index (χ4v) is 4.42. The molecule has 172 valence electrons. The molecule has 0 saturated carbocycles. The molecule has 1 atom stereocenters. The van der Waals surface area contributed by atoms with E-state index in [1.807, 2.05) is 18.2 Å². The van der Waals surface area contributed by atoms with Gasteiger partial charge in [-0.15, -0.1) is 11.8 Å². The summed E-state index contributed by atoms with van der Waals surface area (Å²) < 4.78 is 30.3. The summed E-state index contributed by atoms with van der Waals surface area (Å²) in [5, 5.41) is 11.2. The first-order valence-corrected chi connectivity index (χ1v) is 12.5. The Kier molecular flexibility index (Phi) is 7.69. The summed E-state index contributed by atoms with van der Waals surface area (Å²) in [6.45, 7) is 0. The van der Waals surface area contributed by atoms with Gasteiger partial charge in [-0.2, -0.15) is 4.99 Å². The summed E-state index contributed by atoms with van der Waals surface area (Å²) in [7, 11) is -3.73. The molecule has 0 aliphatic heterocycles. The van der Waals surface area contributed by atoms with Crippen molar-refractivity contribution in [2.24, 2.45) is 16.5 Å². The maximum atomic E-state index is 12.3. The first-order chi connectivity index (χ1) is 15.6. The molecule has 1 heterocycles. The second-order valence-electron chi connectivity index (χ2n) is 6.94. The van der Waals surface area contributed by atoms with Crippen LogP contribution in [0.2, 0.25) is 0 Å². The molecule has 33 heavy (non-hydrogen) atoms. The van der Waals surface area contributed by atoms with Crippen LogP contribution in [0.15, 0.2) is 81.8 Å². The van der Waals surface area contributed by atoms with Gasteiger partial charge in [-0.3, -0.25) is 4.79 Å². The summed E-state index contributed by atoms with van der Waals surface area (Å²) in [5.74, 6) is -0.384. The minimum Gasteiger partial charge on any atom is -0.456 e. The number of aliphatic imine (C=N–C) groups is 1. The molecule has 0 aliphatic carbocycles. The highest BCUT2D eigenvalue weighted by Gasteiger charge is 2.19. The number of pyridine rings is 1. The third-order valence-corrected chi connectivity index (χ3v) is 6.48. The lowest BCUT2D eigenvalue weighted by Gasteiger charge is -2.13. The Morgan fingerprint density at radius 1 is 1.15 bits per heavy atom. The van der Waals surface area contributed by atoms with Crippen LogP contribution in [0.3, 0.4) is 0 Å². The maximum absolute atomic E-state index is 12.3. The highest BCUT2D eigenvalue weighted by molar-refractivity contribution is 7.99. The molecule has 0 aliphatic rings. The molecule has 0 fully saturated rings. The Labute approximate surface area is 195 Å². The van der Waals surface area contributed by atoms with Crippen LogP contribution in [-0.4, -0.2) is 42.4 Å². The average molecular weight is 487 g/mol. The van der Waals surface area contributed by atoms with Crippen LogP contribution in [0.4, 0.5) is 0 Å². The molecule has 1 amide bonds. The van der Waals surface area contributed by atoms with Crippen molar-refractivity contribution < 1.29 is 23.1 Å². The highest BCUT2D eigenvalue weighted by atomic mass is 32.2. The number of carbonyl (C=O) groups is 1. The molecule has 0 saturated heterocycles. The number of nitrogens with two attached hydrogens (primary N) is 2. The molecule has 5 N–H and O–H groups in total. The van der Waals surface area contributed by atoms with Crippen molar-refractivity contribution in [1.29, 1.82) is 0 Å². The summed E-state index contributed by atoms with van der Waals surface area (Å²) in [6, 6.07) is 16.1. The van der Waals surface area contributed by atoms with Crippen molar-refractivity contribution in [3.05, 3.63) is 78.0 Å². The molecule has 1 unspecified atom stereocenters. The van der Waals surface area contributed by atoms with E-state index in [-0.39, 0.29) is 16.2 Å². The molecule has 9 nitrogen and oxygen atoms in total. The van der Waals surface area contributed by atoms with Gasteiger partial charge in [-0.05, 0) is 48.0 Å². The predicted molar refractivity (Wildman–Crippen MR) is 126 cm³/mol. The fourth-order valence-electron chi connectivity index (χ4n) is 2.77. The summed E-state index contributed by atoms with van der Waals surface area (Å²) in [6.07, 6.45) is 1.97. The van der Waals surface area contributed by atoms with E-state index >= 15 is 0 Å². The zero-order valence-electron chi connectivity index (χ0n) is 17.6. The van der Waals surface area contributed by atoms with E-state index < -0.39 is 27.8 Å². The molecule has 11 heteroatoms. The molecular weight excluding hydrogens is 464 g/mol. The van der Waals surface area contributed by atoms with Gasteiger partial charge in [0.15, 0.2) is 15.8 Å². The Hall–Kier alpha value is -3.41. The van der Waals surface area contributed by atoms with Crippen molar-refractivity contribution in [1.82, 2.24) is 4.98 Å². The molecular formula is C22H22N4O5S2. The maximum Gasteiger partial charge on any atom is 0.280 e. The topological polar surface area (TPSA) is 158 Å². The zero-order valence-corrected chi connectivity index (χ0v) is 19.2. The lowest BCUT2D eigenvalue weighted by Crippen LogP contribution is -2.24. The zero-order chi connectivity index (χ0) is 24.0. The van der Waals surface area contributed by atoms with E-state index in [9.17, 15) is 18.3 Å². The molecule has 3 rings (SSSR count). The van der Waals surface area contributed by atoms with Gasteiger partial charge >= 0.3 is 0 Å². The van der Waals surface area contributed by atoms with Crippen LogP contribution < -0.4 is 16.2 Å². The number of hydrogen-bond acceptors (Lipinski definition) is 7. The largest absolute Gasteiger partial charge is 0.456 e. The minimum atomic E-state index is -3.73. The number of sulfone groups is 1. The molecule has 1 aromatic heterocycles. The lowest BCUT2D eigenvalue weighted by atomic mass is 10.1. The second kappa shape index (κ2) is 10.5. The van der Waals surface area contributed by atoms with Gasteiger partial charge in [0, 0.05) is 23.8 Å². The second-order valence-corrected chi connectivity index (χ2v) is 9.97. The van der Waals surface area contributed by atoms with E-state index in [0.717, 1.165) is 17.3 Å². The summed E-state index contributed by atoms with van der Waals surface area (Å²) >= 11 is 1.43. The highest BCUT2D eigenvalue weighted by Crippen LogP contribution is 2.31. The molecule has 3 aromatic rings. The number of amides is 1. The lowest BCUT2D eigenvalue weighted by molar-refractivity contribution is 0.100. The number of hydrogen-bond donors (Lipinski definition) is 3. The van der Waals surface area contributed by atoms with Crippen LogP contribution >= 0.6 is 11.8 Å². The molecule has 0 spiro atoms. The summed E-state index contributed by atoms with van der Waals surface area (Å²) in [5.41, 5.74) is 11.1. The molecule has 2 aromatic carbocycles. The number of nitrogens with zero attached hydrogens (tertiary/aromatic N) is 2. The number of aliphatic hydroxyl groups is 1. The Balaban J connectivity index is 1.76. The van der Waals surface area contributed by atoms with E-state index in [0.29, 0.717) is 17.1 Å². The van der Waals surface area contributed by atoms with Crippen molar-refractivity contribution in [3.63, 3.8) is 0 Å². The average Bonchev–Trinajstić information content (AvgIpc) is 2.77. The van der Waals surface area contributed by atoms with Crippen LogP contribution in [0, 0.1) is 0 Å². The number of guanidine groups is 1. The number of ether oxygens (including phenoxy) is 1. The monoisotopic (exact) mass is 486 g/mol. The van der Waals surface area contributed by atoms with E-state index in [1.165, 1.54) is 23.9 Å². The van der Waals surface area contributed by atoms with E-state index in [1.54, 1.807) is 30.5 Å². The van der Waals surface area contributed by atoms with Crippen molar-refractivity contribution in [3.8, 4) is 11.5 Å². The van der Waals surface area contributed by atoms with Crippen LogP contribution in [0.25, 0.3) is 0 Å². The first-order valence-electron chi connectivity index (χ1n) is 9.61. The predicted octanol–water partition coefficient (Wildman–Crippen LogP) is 2.52. The van der Waals surface area contributed by atoms with Crippen molar-refractivity contribution in [2.45, 2.75) is 16.0 Å². The van der Waals surface area contributed by atoms with Crippen LogP contribution in [-0.2, 0) is 9.84 Å². The van der Waals surface area contributed by atoms with E-state index in [4.69, 9.17) is 16.2 Å². The number of aliphatic hydroxyl groups excluding tert-OH is 1. The smallest absolute Gasteiger partial charge is 0.280 e. The Morgan fingerprint density at radius 2 is 1.88 bits per heavy atom. The van der Waals surface area contributed by atoms with Gasteiger partial charge in [0.2, 0.25) is 0 Å². The normalized spacial score (nSPS) is 12.1. The van der Waals surface area contributed by atoms with Crippen molar-refractivity contribution in [2.75, 3.05) is 12.0 Å². The third-order valence-electron chi connectivity index (χ3n) is 4.34. The van der Waals surface area contributed by atoms with Crippen LogP contribution in [0.5, 0.6) is 11.5 Å². The van der Waals surface area contributed by atoms with Gasteiger partial charge < -0.3 is 21.3 Å². The number of aromatic nitrogens is 1. The van der Waals surface area contributed by atoms with E-state index in [2.05, 4.69) is 9.98 Å². The van der Waals surface area contributed by atoms with Crippen LogP contribution in [0.1, 0.15) is 22.0 Å². The first kappa shape index (κ1) is 24.2. The quantitative estimate of drug-likeness (QED) is 0.247. The van der Waals surface area contributed by atoms with Gasteiger partial charge in [0.1, 0.15) is 16.4 Å². The van der Waals surface area contributed by atoms with Gasteiger partial charge in [-0.25, -0.2) is 13.4 Å². The third kappa shape index (κ3) is 6.78. The Bertz CT molecular complexity index is 1260. The number of carbonyl (C=O) groups excluding carboxylic acids is 1. The molecule has 0 bridgehead atoms. The number of thioether (sulfide) groups is 1.